The molecule has 1 saturated heterocycles. The van der Waals surface area contributed by atoms with Gasteiger partial charge in [0.15, 0.2) is 6.23 Å². The van der Waals surface area contributed by atoms with Crippen LogP contribution in [0.4, 0.5) is 20.3 Å². The Hall–Kier alpha value is -3.91. The number of benzene rings is 2. The molecule has 2 amide bonds. The minimum atomic E-state index is -1.33. The first-order valence-electron chi connectivity index (χ1n) is 13.5. The summed E-state index contributed by atoms with van der Waals surface area (Å²) in [6.45, 7) is 4.96. The minimum absolute atomic E-state index is 0.112. The first-order chi connectivity index (χ1) is 19.9. The molecule has 0 radical (unpaired) electrons. The van der Waals surface area contributed by atoms with Gasteiger partial charge in [0.25, 0.3) is 5.91 Å². The second-order valence-electron chi connectivity index (χ2n) is 11.6. The summed E-state index contributed by atoms with van der Waals surface area (Å²) in [7, 11) is 0. The van der Waals surface area contributed by atoms with Gasteiger partial charge in [-0.05, 0) is 62.6 Å². The number of hydrogen-bond acceptors (Lipinski definition) is 6. The maximum Gasteiger partial charge on any atom is 0.252 e. The summed E-state index contributed by atoms with van der Waals surface area (Å²) in [6.07, 6.45) is 0.695. The third-order valence-electron chi connectivity index (χ3n) is 7.64. The second kappa shape index (κ2) is 11.4. The molecule has 0 spiro atoms. The fourth-order valence-electron chi connectivity index (χ4n) is 5.52. The van der Waals surface area contributed by atoms with Crippen LogP contribution in [0.25, 0.3) is 0 Å². The zero-order chi connectivity index (χ0) is 30.2. The van der Waals surface area contributed by atoms with Crippen LogP contribution in [0.15, 0.2) is 66.9 Å². The van der Waals surface area contributed by atoms with Gasteiger partial charge in [0.05, 0.1) is 11.6 Å². The molecule has 2 aromatic carbocycles. The van der Waals surface area contributed by atoms with Crippen molar-refractivity contribution in [3.05, 3.63) is 88.8 Å². The molecule has 1 N–H and O–H groups in total. The SMILES string of the molecule is CC1(F)CC(NOC(c2ccccc2Cl)N(C(=O)C2CC(C)(C)C(=O)N2c2cc(C#N)ccn2)c2cccc(F)c2)C1. The number of alkyl halides is 1. The molecule has 8 nitrogen and oxygen atoms in total. The molecule has 2 fully saturated rings. The van der Waals surface area contributed by atoms with E-state index in [1.54, 1.807) is 44.2 Å². The van der Waals surface area contributed by atoms with Gasteiger partial charge in [0.2, 0.25) is 5.91 Å². The van der Waals surface area contributed by atoms with E-state index in [-0.39, 0.29) is 53.3 Å². The van der Waals surface area contributed by atoms with E-state index < -0.39 is 35.1 Å². The van der Waals surface area contributed by atoms with Gasteiger partial charge in [-0.1, -0.05) is 49.7 Å². The fourth-order valence-corrected chi connectivity index (χ4v) is 5.75. The van der Waals surface area contributed by atoms with E-state index in [2.05, 4.69) is 10.5 Å². The molecule has 1 aliphatic heterocycles. The smallest absolute Gasteiger partial charge is 0.252 e. The molecule has 2 heterocycles. The highest BCUT2D eigenvalue weighted by atomic mass is 35.5. The Labute approximate surface area is 247 Å². The van der Waals surface area contributed by atoms with Crippen LogP contribution in [-0.2, 0) is 14.4 Å². The van der Waals surface area contributed by atoms with Gasteiger partial charge in [-0.3, -0.25) is 24.2 Å². The number of pyridine rings is 1. The molecule has 218 valence electrons. The molecule has 1 aromatic heterocycles. The van der Waals surface area contributed by atoms with Crippen LogP contribution in [0.1, 0.15) is 57.4 Å². The number of halogens is 3. The average Bonchev–Trinajstić information content (AvgIpc) is 3.18. The summed E-state index contributed by atoms with van der Waals surface area (Å²) in [6, 6.07) is 15.8. The van der Waals surface area contributed by atoms with Crippen molar-refractivity contribution in [3.8, 4) is 6.07 Å². The number of hydroxylamine groups is 1. The summed E-state index contributed by atoms with van der Waals surface area (Å²) < 4.78 is 28.9. The normalized spacial score (nSPS) is 23.6. The number of nitrogens with zero attached hydrogens (tertiary/aromatic N) is 4. The number of carbonyl (C=O) groups is 2. The Morgan fingerprint density at radius 1 is 1.17 bits per heavy atom. The van der Waals surface area contributed by atoms with Crippen molar-refractivity contribution in [2.45, 2.75) is 64.0 Å². The molecule has 2 atom stereocenters. The van der Waals surface area contributed by atoms with E-state index in [0.29, 0.717) is 5.56 Å². The van der Waals surface area contributed by atoms with Crippen LogP contribution in [0, 0.1) is 22.6 Å². The summed E-state index contributed by atoms with van der Waals surface area (Å²) in [5, 5.41) is 9.73. The lowest BCUT2D eigenvalue weighted by molar-refractivity contribution is -0.130. The summed E-state index contributed by atoms with van der Waals surface area (Å²) in [5.74, 6) is -1.38. The van der Waals surface area contributed by atoms with Crippen LogP contribution < -0.4 is 15.3 Å². The van der Waals surface area contributed by atoms with Crippen molar-refractivity contribution in [2.75, 3.05) is 9.80 Å². The molecule has 3 aromatic rings. The largest absolute Gasteiger partial charge is 0.284 e. The number of nitriles is 1. The molecular weight excluding hydrogens is 564 g/mol. The number of rotatable bonds is 8. The Balaban J connectivity index is 1.61. The molecule has 2 aliphatic rings. The summed E-state index contributed by atoms with van der Waals surface area (Å²) in [4.78, 5) is 41.3. The lowest BCUT2D eigenvalue weighted by atomic mass is 9.79. The van der Waals surface area contributed by atoms with Crippen LogP contribution in [0.5, 0.6) is 0 Å². The van der Waals surface area contributed by atoms with Gasteiger partial charge in [-0.2, -0.15) is 10.7 Å². The number of anilines is 2. The molecule has 1 aliphatic carbocycles. The maximum atomic E-state index is 14.7. The maximum absolute atomic E-state index is 14.7. The van der Waals surface area contributed by atoms with Gasteiger partial charge in [0.1, 0.15) is 23.3 Å². The molecule has 0 bridgehead atoms. The molecule has 42 heavy (non-hydrogen) atoms. The monoisotopic (exact) mass is 593 g/mol. The highest BCUT2D eigenvalue weighted by Crippen LogP contribution is 2.42. The van der Waals surface area contributed by atoms with Crippen molar-refractivity contribution in [2.24, 2.45) is 5.41 Å². The Bertz CT molecular complexity index is 1550. The number of nitrogens with one attached hydrogen (secondary N) is 1. The highest BCUT2D eigenvalue weighted by molar-refractivity contribution is 6.31. The van der Waals surface area contributed by atoms with Crippen LogP contribution in [-0.4, -0.2) is 34.6 Å². The predicted octanol–water partition coefficient (Wildman–Crippen LogP) is 6.02. The zero-order valence-electron chi connectivity index (χ0n) is 23.4. The second-order valence-corrected chi connectivity index (χ2v) is 12.0. The van der Waals surface area contributed by atoms with Gasteiger partial charge < -0.3 is 0 Å². The van der Waals surface area contributed by atoms with E-state index in [4.69, 9.17) is 16.4 Å². The van der Waals surface area contributed by atoms with E-state index >= 15 is 0 Å². The van der Waals surface area contributed by atoms with Crippen molar-refractivity contribution in [1.29, 1.82) is 5.26 Å². The van der Waals surface area contributed by atoms with E-state index in [9.17, 15) is 23.6 Å². The topological polar surface area (TPSA) is 98.6 Å². The number of amides is 2. The summed E-state index contributed by atoms with van der Waals surface area (Å²) in [5.41, 5.74) is 1.42. The zero-order valence-corrected chi connectivity index (χ0v) is 24.1. The van der Waals surface area contributed by atoms with E-state index in [0.717, 1.165) is 0 Å². The molecular formula is C31H30ClF2N5O3. The lowest BCUT2D eigenvalue weighted by Crippen LogP contribution is -2.53. The Morgan fingerprint density at radius 2 is 1.90 bits per heavy atom. The molecule has 1 saturated carbocycles. The van der Waals surface area contributed by atoms with E-state index in [1.165, 1.54) is 53.3 Å². The van der Waals surface area contributed by atoms with Crippen molar-refractivity contribution >= 4 is 34.9 Å². The van der Waals surface area contributed by atoms with Gasteiger partial charge in [-0.15, -0.1) is 0 Å². The molecule has 11 heteroatoms. The van der Waals surface area contributed by atoms with Crippen molar-refractivity contribution < 1.29 is 23.2 Å². The van der Waals surface area contributed by atoms with E-state index in [1.807, 2.05) is 6.07 Å². The molecule has 5 rings (SSSR count). The Kier molecular flexibility index (Phi) is 8.03. The van der Waals surface area contributed by atoms with Crippen molar-refractivity contribution in [3.63, 3.8) is 0 Å². The molecule has 2 unspecified atom stereocenters. The Morgan fingerprint density at radius 3 is 2.57 bits per heavy atom. The highest BCUT2D eigenvalue weighted by Gasteiger charge is 2.52. The third-order valence-corrected chi connectivity index (χ3v) is 7.98. The van der Waals surface area contributed by atoms with Crippen LogP contribution in [0.3, 0.4) is 0 Å². The number of hydrogen-bond donors (Lipinski definition) is 1. The van der Waals surface area contributed by atoms with Gasteiger partial charge in [-0.25, -0.2) is 13.8 Å². The minimum Gasteiger partial charge on any atom is -0.284 e. The first-order valence-corrected chi connectivity index (χ1v) is 13.9. The van der Waals surface area contributed by atoms with Crippen molar-refractivity contribution in [1.82, 2.24) is 10.5 Å². The quantitative estimate of drug-likeness (QED) is 0.253. The van der Waals surface area contributed by atoms with Gasteiger partial charge >= 0.3 is 0 Å². The first kappa shape index (κ1) is 29.6. The number of carbonyl (C=O) groups excluding carboxylic acids is 2. The summed E-state index contributed by atoms with van der Waals surface area (Å²) >= 11 is 6.60. The fraction of sp³-hybridized carbons (Fsp3) is 0.355. The lowest BCUT2D eigenvalue weighted by Gasteiger charge is -2.41. The standard InChI is InChI=1S/C31H30ClF2N5O3/c1-30(2)17-25(39(29(30)41)26-13-19(18-35)11-12-36-26)27(40)38(22-8-6-7-20(33)14-22)28(23-9-4-5-10-24(23)32)42-37-21-15-31(3,34)16-21/h4-14,21,25,28,37H,15-17H2,1-3H3. The average molecular weight is 594 g/mol. The van der Waals surface area contributed by atoms with Crippen LogP contribution >= 0.6 is 11.6 Å². The number of aromatic nitrogens is 1. The predicted molar refractivity (Wildman–Crippen MR) is 153 cm³/mol. The van der Waals surface area contributed by atoms with Gasteiger partial charge in [0, 0.05) is 33.9 Å². The third kappa shape index (κ3) is 5.86. The van der Waals surface area contributed by atoms with Crippen LogP contribution in [0.2, 0.25) is 5.02 Å².